The number of aromatic amines is 2. The Labute approximate surface area is 106 Å². The van der Waals surface area contributed by atoms with Gasteiger partial charge in [0, 0.05) is 12.6 Å². The fourth-order valence-corrected chi connectivity index (χ4v) is 1.95. The summed E-state index contributed by atoms with van der Waals surface area (Å²) in [5, 5.41) is 4.07. The predicted octanol–water partition coefficient (Wildman–Crippen LogP) is 0.199. The van der Waals surface area contributed by atoms with E-state index in [1.807, 2.05) is 6.07 Å². The molecule has 0 fully saturated rings. The van der Waals surface area contributed by atoms with Crippen molar-refractivity contribution in [1.29, 1.82) is 0 Å². The number of nitrogen functional groups attached to an aromatic ring is 1. The van der Waals surface area contributed by atoms with Crippen molar-refractivity contribution < 1.29 is 0 Å². The maximum absolute atomic E-state index is 11.3. The highest BCUT2D eigenvalue weighted by Gasteiger charge is 2.08. The van der Waals surface area contributed by atoms with Crippen LogP contribution in [0.3, 0.4) is 0 Å². The number of H-pyrrole nitrogens is 2. The molecule has 0 spiro atoms. The summed E-state index contributed by atoms with van der Waals surface area (Å²) in [7, 11) is 1.75. The normalized spacial score (nSPS) is 11.0. The molecule has 7 nitrogen and oxygen atoms in total. The number of nitrogens with two attached hydrogens (primary N) is 1. The molecule has 7 heteroatoms. The highest BCUT2D eigenvalue weighted by Crippen LogP contribution is 2.26. The Kier molecular flexibility index (Phi) is 2.28. The molecule has 0 amide bonds. The molecule has 0 aliphatic heterocycles. The molecule has 0 aliphatic carbocycles. The third kappa shape index (κ3) is 1.71. The Balaban J connectivity index is 2.27. The van der Waals surface area contributed by atoms with Gasteiger partial charge in [-0.3, -0.25) is 14.3 Å². The van der Waals surface area contributed by atoms with Gasteiger partial charge in [0.25, 0.3) is 0 Å². The number of nitrogens with zero attached hydrogens (tertiary/aromatic N) is 2. The van der Waals surface area contributed by atoms with E-state index in [1.54, 1.807) is 30.1 Å². The fraction of sp³-hybridized carbons (Fsp3) is 0.0833. The van der Waals surface area contributed by atoms with Gasteiger partial charge in [-0.25, -0.2) is 0 Å². The molecule has 0 radical (unpaired) electrons. The van der Waals surface area contributed by atoms with Gasteiger partial charge < -0.3 is 15.7 Å². The van der Waals surface area contributed by atoms with Crippen LogP contribution < -0.4 is 16.9 Å². The van der Waals surface area contributed by atoms with Gasteiger partial charge in [0.05, 0.1) is 17.2 Å². The van der Waals surface area contributed by atoms with E-state index in [4.69, 9.17) is 5.73 Å². The van der Waals surface area contributed by atoms with E-state index in [-0.39, 0.29) is 0 Å². The van der Waals surface area contributed by atoms with Crippen LogP contribution in [0.4, 0.5) is 5.82 Å². The van der Waals surface area contributed by atoms with Gasteiger partial charge in [-0.15, -0.1) is 0 Å². The van der Waals surface area contributed by atoms with Crippen LogP contribution in [0.15, 0.2) is 34.0 Å². The zero-order valence-electron chi connectivity index (χ0n) is 10.1. The van der Waals surface area contributed by atoms with Gasteiger partial charge in [0.1, 0.15) is 5.82 Å². The van der Waals surface area contributed by atoms with Crippen molar-refractivity contribution in [3.8, 4) is 11.1 Å². The molecule has 96 valence electrons. The summed E-state index contributed by atoms with van der Waals surface area (Å²) in [5.74, 6) is 0.533. The predicted molar refractivity (Wildman–Crippen MR) is 71.8 cm³/mol. The first kappa shape index (κ1) is 11.3. The summed E-state index contributed by atoms with van der Waals surface area (Å²) in [6, 6.07) is 5.28. The molecular weight excluding hydrogens is 246 g/mol. The van der Waals surface area contributed by atoms with E-state index >= 15 is 0 Å². The molecule has 0 atom stereocenters. The number of benzene rings is 1. The van der Waals surface area contributed by atoms with E-state index in [9.17, 15) is 9.59 Å². The number of hydrogen-bond acceptors (Lipinski definition) is 4. The second-order valence-corrected chi connectivity index (χ2v) is 4.24. The first-order valence-electron chi connectivity index (χ1n) is 5.60. The highest BCUT2D eigenvalue weighted by molar-refractivity contribution is 5.83. The second kappa shape index (κ2) is 3.84. The Morgan fingerprint density at radius 2 is 1.84 bits per heavy atom. The van der Waals surface area contributed by atoms with Crippen molar-refractivity contribution in [3.05, 3.63) is 45.1 Å². The molecule has 4 N–H and O–H groups in total. The Morgan fingerprint density at radius 3 is 2.47 bits per heavy atom. The van der Waals surface area contributed by atoms with Crippen LogP contribution in [-0.4, -0.2) is 19.7 Å². The lowest BCUT2D eigenvalue weighted by Gasteiger charge is -2.03. The minimum absolute atomic E-state index is 0.533. The van der Waals surface area contributed by atoms with E-state index in [2.05, 4.69) is 15.1 Å². The van der Waals surface area contributed by atoms with Crippen molar-refractivity contribution in [3.63, 3.8) is 0 Å². The largest absolute Gasteiger partial charge is 0.383 e. The van der Waals surface area contributed by atoms with Crippen LogP contribution in [0.2, 0.25) is 0 Å². The average molecular weight is 257 g/mol. The number of aryl methyl sites for hydroxylation is 1. The molecule has 2 aromatic heterocycles. The standard InChI is InChI=1S/C12H11N5O2/c1-17-10(13)7(5-14-17)6-2-3-8-9(4-6)16-12(19)11(18)15-8/h2-5H,13H2,1H3,(H,15,18)(H,16,19). The number of anilines is 1. The zero-order valence-corrected chi connectivity index (χ0v) is 10.1. The molecule has 3 aromatic rings. The molecule has 1 aromatic carbocycles. The van der Waals surface area contributed by atoms with Crippen LogP contribution in [0.1, 0.15) is 0 Å². The van der Waals surface area contributed by atoms with Crippen LogP contribution in [0, 0.1) is 0 Å². The molecule has 0 unspecified atom stereocenters. The Bertz CT molecular complexity index is 887. The smallest absolute Gasteiger partial charge is 0.314 e. The van der Waals surface area contributed by atoms with Crippen LogP contribution in [0.5, 0.6) is 0 Å². The van der Waals surface area contributed by atoms with E-state index in [0.29, 0.717) is 16.9 Å². The van der Waals surface area contributed by atoms with Gasteiger partial charge in [0.15, 0.2) is 0 Å². The van der Waals surface area contributed by atoms with Gasteiger partial charge in [0.2, 0.25) is 0 Å². The first-order chi connectivity index (χ1) is 9.06. The van der Waals surface area contributed by atoms with Gasteiger partial charge in [-0.05, 0) is 17.7 Å². The lowest BCUT2D eigenvalue weighted by molar-refractivity contribution is 0.779. The van der Waals surface area contributed by atoms with Crippen LogP contribution in [0.25, 0.3) is 22.2 Å². The number of fused-ring (bicyclic) bond motifs is 1. The lowest BCUT2D eigenvalue weighted by Crippen LogP contribution is -2.28. The molecule has 19 heavy (non-hydrogen) atoms. The van der Waals surface area contributed by atoms with Crippen LogP contribution in [-0.2, 0) is 7.05 Å². The molecule has 0 bridgehead atoms. The zero-order chi connectivity index (χ0) is 13.6. The summed E-state index contributed by atoms with van der Waals surface area (Å²) in [4.78, 5) is 27.6. The second-order valence-electron chi connectivity index (χ2n) is 4.24. The quantitative estimate of drug-likeness (QED) is 0.541. The fourth-order valence-electron chi connectivity index (χ4n) is 1.95. The monoisotopic (exact) mass is 257 g/mol. The maximum Gasteiger partial charge on any atom is 0.314 e. The molecule has 0 saturated carbocycles. The Morgan fingerprint density at radius 1 is 1.16 bits per heavy atom. The van der Waals surface area contributed by atoms with Crippen LogP contribution >= 0.6 is 0 Å². The lowest BCUT2D eigenvalue weighted by atomic mass is 10.1. The molecule has 0 aliphatic rings. The maximum atomic E-state index is 11.3. The summed E-state index contributed by atoms with van der Waals surface area (Å²) < 4.78 is 1.56. The SMILES string of the molecule is Cn1ncc(-c2ccc3[nH]c(=O)c(=O)[nH]c3c2)c1N. The van der Waals surface area contributed by atoms with Crippen molar-refractivity contribution in [2.45, 2.75) is 0 Å². The summed E-state index contributed by atoms with van der Waals surface area (Å²) in [6.07, 6.45) is 1.65. The number of nitrogens with one attached hydrogen (secondary N) is 2. The minimum atomic E-state index is -0.677. The summed E-state index contributed by atoms with van der Waals surface area (Å²) in [5.41, 5.74) is 7.27. The van der Waals surface area contributed by atoms with Gasteiger partial charge >= 0.3 is 11.1 Å². The summed E-state index contributed by atoms with van der Waals surface area (Å²) >= 11 is 0. The van der Waals surface area contributed by atoms with E-state index in [1.165, 1.54) is 0 Å². The average Bonchev–Trinajstić information content (AvgIpc) is 2.71. The first-order valence-corrected chi connectivity index (χ1v) is 5.60. The van der Waals surface area contributed by atoms with E-state index in [0.717, 1.165) is 11.1 Å². The summed E-state index contributed by atoms with van der Waals surface area (Å²) in [6.45, 7) is 0. The third-order valence-electron chi connectivity index (χ3n) is 3.02. The molecular formula is C12H11N5O2. The Hall–Kier alpha value is -2.83. The molecule has 3 rings (SSSR count). The number of hydrogen-bond donors (Lipinski definition) is 3. The minimum Gasteiger partial charge on any atom is -0.383 e. The van der Waals surface area contributed by atoms with Crippen molar-refractivity contribution in [2.75, 3.05) is 5.73 Å². The number of rotatable bonds is 1. The van der Waals surface area contributed by atoms with Crippen molar-refractivity contribution in [1.82, 2.24) is 19.7 Å². The van der Waals surface area contributed by atoms with Crippen molar-refractivity contribution >= 4 is 16.9 Å². The molecule has 0 saturated heterocycles. The highest BCUT2D eigenvalue weighted by atomic mass is 16.2. The van der Waals surface area contributed by atoms with Gasteiger partial charge in [-0.1, -0.05) is 6.07 Å². The van der Waals surface area contributed by atoms with E-state index < -0.39 is 11.1 Å². The topological polar surface area (TPSA) is 110 Å². The third-order valence-corrected chi connectivity index (χ3v) is 3.02. The number of aromatic nitrogens is 4. The van der Waals surface area contributed by atoms with Gasteiger partial charge in [-0.2, -0.15) is 5.10 Å². The van der Waals surface area contributed by atoms with Crippen molar-refractivity contribution in [2.24, 2.45) is 7.05 Å². The molecule has 2 heterocycles.